The van der Waals surface area contributed by atoms with Crippen molar-refractivity contribution in [1.82, 2.24) is 0 Å². The average Bonchev–Trinajstić information content (AvgIpc) is 2.80. The first-order valence-corrected chi connectivity index (χ1v) is 10.8. The van der Waals surface area contributed by atoms with E-state index >= 15 is 0 Å². The third-order valence-corrected chi connectivity index (χ3v) is 5.67. The number of rotatable bonds is 7. The topological polar surface area (TPSA) is 153 Å². The standard InChI is InChI=1S/C26H25N3O5/c1-14(6-11-21(29)25(30)31)33-26(32)18-5-3-2-4-17(18)24-19-9-7-15(27)12-22(19)34-23-13-16(28)8-10-20(23)24/h2-5,7-10,12-14,21,27H,6,11,28-29H2,1H3,(H,30,31)/t14?,21-/m0/s1. The number of carbonyl (C=O) groups is 2. The van der Waals surface area contributed by atoms with Gasteiger partial charge in [-0.15, -0.1) is 0 Å². The van der Waals surface area contributed by atoms with Crippen molar-refractivity contribution < 1.29 is 23.8 Å². The quantitative estimate of drug-likeness (QED) is 0.185. The number of ether oxygens (including phenoxy) is 1. The largest absolute Gasteiger partial charge is 0.480 e. The van der Waals surface area contributed by atoms with Crippen molar-refractivity contribution in [2.45, 2.75) is 31.9 Å². The normalized spacial score (nSPS) is 13.0. The number of hydrogen-bond donors (Lipinski definition) is 4. The fourth-order valence-electron chi connectivity index (χ4n) is 3.92. The van der Waals surface area contributed by atoms with Crippen LogP contribution in [0.1, 0.15) is 30.1 Å². The van der Waals surface area contributed by atoms with Crippen LogP contribution < -0.4 is 16.8 Å². The fourth-order valence-corrected chi connectivity index (χ4v) is 3.92. The van der Waals surface area contributed by atoms with Crippen molar-refractivity contribution in [3.8, 4) is 22.5 Å². The van der Waals surface area contributed by atoms with Crippen LogP contribution in [-0.2, 0) is 9.53 Å². The van der Waals surface area contributed by atoms with Gasteiger partial charge in [-0.3, -0.25) is 4.79 Å². The predicted molar refractivity (Wildman–Crippen MR) is 128 cm³/mol. The number of carboxylic acids is 1. The van der Waals surface area contributed by atoms with E-state index in [0.717, 1.165) is 16.5 Å². The first-order chi connectivity index (χ1) is 16.2. The van der Waals surface area contributed by atoms with Crippen molar-refractivity contribution in [3.05, 3.63) is 71.6 Å². The summed E-state index contributed by atoms with van der Waals surface area (Å²) in [5, 5.41) is 18.0. The summed E-state index contributed by atoms with van der Waals surface area (Å²) in [6.45, 7) is 1.71. The number of aliphatic carboxylic acids is 1. The number of hydrogen-bond acceptors (Lipinski definition) is 7. The van der Waals surface area contributed by atoms with Gasteiger partial charge in [-0.25, -0.2) is 4.79 Å². The van der Waals surface area contributed by atoms with Crippen LogP contribution in [-0.4, -0.2) is 29.2 Å². The number of carboxylic acid groups (broad SMARTS) is 1. The van der Waals surface area contributed by atoms with E-state index in [1.165, 1.54) is 0 Å². The highest BCUT2D eigenvalue weighted by Crippen LogP contribution is 2.41. The van der Waals surface area contributed by atoms with Crippen LogP contribution >= 0.6 is 0 Å². The third-order valence-electron chi connectivity index (χ3n) is 5.67. The second-order valence-corrected chi connectivity index (χ2v) is 8.23. The van der Waals surface area contributed by atoms with Gasteiger partial charge in [0.2, 0.25) is 0 Å². The monoisotopic (exact) mass is 459 g/mol. The molecule has 2 aromatic carbocycles. The van der Waals surface area contributed by atoms with Gasteiger partial charge < -0.3 is 31.1 Å². The number of anilines is 1. The molecule has 0 spiro atoms. The van der Waals surface area contributed by atoms with Gasteiger partial charge in [0.25, 0.3) is 0 Å². The van der Waals surface area contributed by atoms with E-state index < -0.39 is 24.1 Å². The summed E-state index contributed by atoms with van der Waals surface area (Å²) >= 11 is 0. The molecule has 0 aromatic heterocycles. The van der Waals surface area contributed by atoms with Gasteiger partial charge in [-0.1, -0.05) is 18.2 Å². The Morgan fingerprint density at radius 1 is 1.06 bits per heavy atom. The molecular weight excluding hydrogens is 434 g/mol. The van der Waals surface area contributed by atoms with Crippen LogP contribution in [0.3, 0.4) is 0 Å². The van der Waals surface area contributed by atoms with Crippen LogP contribution in [0.4, 0.5) is 5.69 Å². The van der Waals surface area contributed by atoms with Crippen LogP contribution in [0.5, 0.6) is 0 Å². The highest BCUT2D eigenvalue weighted by molar-refractivity contribution is 6.08. The summed E-state index contributed by atoms with van der Waals surface area (Å²) in [6, 6.07) is 16.5. The van der Waals surface area contributed by atoms with E-state index in [4.69, 9.17) is 31.1 Å². The molecule has 174 valence electrons. The van der Waals surface area contributed by atoms with E-state index in [2.05, 4.69) is 0 Å². The van der Waals surface area contributed by atoms with Crippen LogP contribution in [0.25, 0.3) is 33.4 Å². The number of nitrogens with two attached hydrogens (primary N) is 2. The second kappa shape index (κ2) is 9.36. The molecule has 2 aliphatic rings. The molecule has 0 saturated carbocycles. The van der Waals surface area contributed by atoms with Crippen molar-refractivity contribution in [1.29, 1.82) is 5.41 Å². The minimum absolute atomic E-state index is 0.192. The summed E-state index contributed by atoms with van der Waals surface area (Å²) in [4.78, 5) is 24.1. The molecule has 1 aliphatic carbocycles. The third kappa shape index (κ3) is 4.62. The summed E-state index contributed by atoms with van der Waals surface area (Å²) in [7, 11) is 0. The van der Waals surface area contributed by atoms with E-state index in [0.29, 0.717) is 39.9 Å². The summed E-state index contributed by atoms with van der Waals surface area (Å²) in [5.41, 5.74) is 15.1. The van der Waals surface area contributed by atoms with Crippen molar-refractivity contribution in [2.75, 3.05) is 5.73 Å². The highest BCUT2D eigenvalue weighted by atomic mass is 16.5. The predicted octanol–water partition coefficient (Wildman–Crippen LogP) is 4.00. The number of nitrogens with one attached hydrogen (secondary N) is 1. The zero-order valence-electron chi connectivity index (χ0n) is 18.6. The van der Waals surface area contributed by atoms with Gasteiger partial charge in [0, 0.05) is 34.3 Å². The zero-order valence-corrected chi connectivity index (χ0v) is 18.6. The smallest absolute Gasteiger partial charge is 0.339 e. The van der Waals surface area contributed by atoms with Gasteiger partial charge >= 0.3 is 11.9 Å². The fraction of sp³-hybridized carbons (Fsp3) is 0.192. The molecule has 1 unspecified atom stereocenters. The maximum atomic E-state index is 13.2. The highest BCUT2D eigenvalue weighted by Gasteiger charge is 2.23. The van der Waals surface area contributed by atoms with Gasteiger partial charge in [0.15, 0.2) is 0 Å². The Hall–Kier alpha value is -4.17. The first-order valence-electron chi connectivity index (χ1n) is 10.8. The lowest BCUT2D eigenvalue weighted by Crippen LogP contribution is -2.31. The van der Waals surface area contributed by atoms with E-state index in [1.807, 2.05) is 18.2 Å². The van der Waals surface area contributed by atoms with Gasteiger partial charge in [0.05, 0.1) is 17.0 Å². The Morgan fingerprint density at radius 3 is 2.59 bits per heavy atom. The minimum Gasteiger partial charge on any atom is -0.480 e. The summed E-state index contributed by atoms with van der Waals surface area (Å²) in [6.07, 6.45) is -0.00304. The lowest BCUT2D eigenvalue weighted by atomic mass is 9.90. The van der Waals surface area contributed by atoms with Gasteiger partial charge in [-0.2, -0.15) is 0 Å². The number of benzene rings is 3. The number of fused-ring (bicyclic) bond motifs is 2. The van der Waals surface area contributed by atoms with Gasteiger partial charge in [-0.05, 0) is 55.7 Å². The first kappa shape index (κ1) is 23.0. The van der Waals surface area contributed by atoms with Crippen molar-refractivity contribution in [2.24, 2.45) is 5.73 Å². The number of nitrogen functional groups attached to an aromatic ring is 1. The van der Waals surface area contributed by atoms with Crippen LogP contribution in [0, 0.1) is 5.41 Å². The van der Waals surface area contributed by atoms with Crippen molar-refractivity contribution in [3.63, 3.8) is 0 Å². The molecule has 0 bridgehead atoms. The molecule has 6 N–H and O–H groups in total. The molecule has 2 atom stereocenters. The Morgan fingerprint density at radius 2 is 1.82 bits per heavy atom. The van der Waals surface area contributed by atoms with Crippen molar-refractivity contribution >= 4 is 28.6 Å². The molecule has 8 nitrogen and oxygen atoms in total. The molecule has 4 rings (SSSR count). The van der Waals surface area contributed by atoms with E-state index in [1.54, 1.807) is 49.4 Å². The lowest BCUT2D eigenvalue weighted by molar-refractivity contribution is -0.138. The molecule has 1 heterocycles. The summed E-state index contributed by atoms with van der Waals surface area (Å²) in [5.74, 6) is -1.12. The molecule has 8 heteroatoms. The molecule has 34 heavy (non-hydrogen) atoms. The Kier molecular flexibility index (Phi) is 6.34. The van der Waals surface area contributed by atoms with E-state index in [-0.39, 0.29) is 6.42 Å². The maximum absolute atomic E-state index is 13.2. The lowest BCUT2D eigenvalue weighted by Gasteiger charge is -2.19. The second-order valence-electron chi connectivity index (χ2n) is 8.23. The Labute approximate surface area is 195 Å². The Bertz CT molecular complexity index is 1410. The molecule has 0 amide bonds. The number of carbonyl (C=O) groups excluding carboxylic acids is 1. The maximum Gasteiger partial charge on any atom is 0.339 e. The molecule has 0 saturated heterocycles. The zero-order chi connectivity index (χ0) is 24.4. The number of esters is 1. The average molecular weight is 460 g/mol. The molecular formula is C26H25N3O5. The molecule has 2 aromatic rings. The minimum atomic E-state index is -1.09. The van der Waals surface area contributed by atoms with Crippen LogP contribution in [0.15, 0.2) is 65.1 Å². The SMILES string of the molecule is CC(CC[C@H](N)C(=O)O)OC(=O)c1ccccc1-c1c2ccc(=N)cc-2oc2cc(N)ccc12. The molecule has 0 radical (unpaired) electrons. The molecule has 0 fully saturated rings. The van der Waals surface area contributed by atoms with E-state index in [9.17, 15) is 9.59 Å². The molecule has 1 aliphatic heterocycles. The van der Waals surface area contributed by atoms with Gasteiger partial charge in [0.1, 0.15) is 17.4 Å². The van der Waals surface area contributed by atoms with Crippen LogP contribution in [0.2, 0.25) is 0 Å². The summed E-state index contributed by atoms with van der Waals surface area (Å²) < 4.78 is 11.7. The Balaban J connectivity index is 1.78.